The van der Waals surface area contributed by atoms with Crippen LogP contribution in [0.2, 0.25) is 0 Å². The van der Waals surface area contributed by atoms with Crippen LogP contribution in [0.4, 0.5) is 0 Å². The maximum absolute atomic E-state index is 12.3. The number of methoxy groups -OCH3 is 2. The predicted octanol–water partition coefficient (Wildman–Crippen LogP) is 1.04. The molecule has 0 spiro atoms. The highest BCUT2D eigenvalue weighted by molar-refractivity contribution is 8.26. The standard InChI is InChI=1S/C15H15NO5S2/c1-20-10-4-3-9(7-11(10)21-2)8-12-14(19)16(15(22)23-12)6-5-13(17)18/h3-4,7-8H,5-6H2,1-2H3,(H,17,18)/p-1/b12-8+. The molecule has 0 aliphatic carbocycles. The Hall–Kier alpha value is -2.06. The smallest absolute Gasteiger partial charge is 0.266 e. The Balaban J connectivity index is 2.21. The van der Waals surface area contributed by atoms with Gasteiger partial charge in [0.05, 0.1) is 19.1 Å². The fourth-order valence-corrected chi connectivity index (χ4v) is 3.30. The summed E-state index contributed by atoms with van der Waals surface area (Å²) >= 11 is 6.26. The van der Waals surface area contributed by atoms with E-state index in [0.717, 1.165) is 17.3 Å². The van der Waals surface area contributed by atoms with E-state index >= 15 is 0 Å². The van der Waals surface area contributed by atoms with Gasteiger partial charge >= 0.3 is 0 Å². The summed E-state index contributed by atoms with van der Waals surface area (Å²) in [5, 5.41) is 10.5. The van der Waals surface area contributed by atoms with Gasteiger partial charge < -0.3 is 19.4 Å². The second-order valence-corrected chi connectivity index (χ2v) is 6.25. The fraction of sp³-hybridized carbons (Fsp3) is 0.267. The van der Waals surface area contributed by atoms with Gasteiger partial charge in [-0.15, -0.1) is 0 Å². The molecular weight excluding hydrogens is 338 g/mol. The molecule has 0 atom stereocenters. The maximum Gasteiger partial charge on any atom is 0.266 e. The van der Waals surface area contributed by atoms with Gasteiger partial charge in [0.25, 0.3) is 5.91 Å². The molecule has 0 bridgehead atoms. The number of ether oxygens (including phenoxy) is 2. The molecule has 1 heterocycles. The lowest BCUT2D eigenvalue weighted by atomic mass is 10.2. The first-order chi connectivity index (χ1) is 11.0. The van der Waals surface area contributed by atoms with Crippen LogP contribution in [0.15, 0.2) is 23.1 Å². The van der Waals surface area contributed by atoms with Gasteiger partial charge in [-0.3, -0.25) is 9.69 Å². The molecule has 1 aliphatic rings. The van der Waals surface area contributed by atoms with E-state index in [1.165, 1.54) is 12.0 Å². The Labute approximate surface area is 143 Å². The topological polar surface area (TPSA) is 78.9 Å². The number of carboxylic acid groups (broad SMARTS) is 1. The van der Waals surface area contributed by atoms with Crippen LogP contribution in [0, 0.1) is 0 Å². The first-order valence-electron chi connectivity index (χ1n) is 6.63. The van der Waals surface area contributed by atoms with Crippen LogP contribution >= 0.6 is 24.0 Å². The quantitative estimate of drug-likeness (QED) is 0.559. The summed E-state index contributed by atoms with van der Waals surface area (Å²) in [5.74, 6) is -0.390. The minimum absolute atomic E-state index is 0.0102. The number of hydrogen-bond acceptors (Lipinski definition) is 7. The molecule has 122 valence electrons. The summed E-state index contributed by atoms with van der Waals surface area (Å²) in [5.41, 5.74) is 0.753. The van der Waals surface area contributed by atoms with E-state index < -0.39 is 5.97 Å². The van der Waals surface area contributed by atoms with Crippen molar-refractivity contribution >= 4 is 46.3 Å². The van der Waals surface area contributed by atoms with Gasteiger partial charge in [0.15, 0.2) is 11.5 Å². The van der Waals surface area contributed by atoms with Gasteiger partial charge in [-0.1, -0.05) is 30.0 Å². The number of nitrogens with zero attached hydrogens (tertiary/aromatic N) is 1. The lowest BCUT2D eigenvalue weighted by molar-refractivity contribution is -0.305. The Kier molecular flexibility index (Phi) is 5.62. The molecule has 1 aromatic rings. The molecule has 0 radical (unpaired) electrons. The lowest BCUT2D eigenvalue weighted by Crippen LogP contribution is -2.33. The van der Waals surface area contributed by atoms with Gasteiger partial charge in [0, 0.05) is 18.9 Å². The Morgan fingerprint density at radius 3 is 2.65 bits per heavy atom. The number of carbonyl (C=O) groups is 2. The van der Waals surface area contributed by atoms with Crippen LogP contribution in [-0.2, 0) is 9.59 Å². The molecule has 1 aromatic carbocycles. The predicted molar refractivity (Wildman–Crippen MR) is 89.0 cm³/mol. The van der Waals surface area contributed by atoms with Crippen molar-refractivity contribution in [2.24, 2.45) is 0 Å². The number of thiocarbonyl (C=S) groups is 1. The van der Waals surface area contributed by atoms with Crippen molar-refractivity contribution in [3.05, 3.63) is 28.7 Å². The average molecular weight is 352 g/mol. The van der Waals surface area contributed by atoms with Crippen molar-refractivity contribution in [3.8, 4) is 11.5 Å². The van der Waals surface area contributed by atoms with Crippen LogP contribution in [0.3, 0.4) is 0 Å². The molecule has 8 heteroatoms. The molecule has 23 heavy (non-hydrogen) atoms. The van der Waals surface area contributed by atoms with Gasteiger partial charge in [0.1, 0.15) is 4.32 Å². The molecule has 0 N–H and O–H groups in total. The van der Waals surface area contributed by atoms with E-state index in [9.17, 15) is 14.7 Å². The zero-order chi connectivity index (χ0) is 17.0. The third kappa shape index (κ3) is 4.02. The summed E-state index contributed by atoms with van der Waals surface area (Å²) in [6, 6.07) is 5.27. The molecule has 1 fully saturated rings. The zero-order valence-corrected chi connectivity index (χ0v) is 14.2. The van der Waals surface area contributed by atoms with Crippen molar-refractivity contribution in [2.45, 2.75) is 6.42 Å². The number of aliphatic carboxylic acids is 1. The number of amides is 1. The van der Waals surface area contributed by atoms with Crippen LogP contribution in [0.1, 0.15) is 12.0 Å². The minimum Gasteiger partial charge on any atom is -0.550 e. The normalized spacial score (nSPS) is 16.1. The number of benzene rings is 1. The van der Waals surface area contributed by atoms with Crippen LogP contribution in [0.25, 0.3) is 6.08 Å². The third-order valence-corrected chi connectivity index (χ3v) is 4.50. The van der Waals surface area contributed by atoms with E-state index in [2.05, 4.69) is 0 Å². The second-order valence-electron chi connectivity index (χ2n) is 4.57. The summed E-state index contributed by atoms with van der Waals surface area (Å²) in [6.07, 6.45) is 1.43. The van der Waals surface area contributed by atoms with Crippen molar-refractivity contribution < 1.29 is 24.2 Å². The first-order valence-corrected chi connectivity index (χ1v) is 7.86. The molecule has 1 amide bonds. The SMILES string of the molecule is COc1ccc(/C=C2/SC(=S)N(CCC(=O)[O-])C2=O)cc1OC. The Bertz CT molecular complexity index is 686. The molecule has 2 rings (SSSR count). The summed E-state index contributed by atoms with van der Waals surface area (Å²) in [4.78, 5) is 24.5. The number of hydrogen-bond donors (Lipinski definition) is 0. The Morgan fingerprint density at radius 2 is 2.04 bits per heavy atom. The van der Waals surface area contributed by atoms with Gasteiger partial charge in [-0.25, -0.2) is 0 Å². The molecular formula is C15H14NO5S2-. The highest BCUT2D eigenvalue weighted by Crippen LogP contribution is 2.34. The summed E-state index contributed by atoms with van der Waals surface area (Å²) in [6.45, 7) is 0.0102. The molecule has 1 aliphatic heterocycles. The van der Waals surface area contributed by atoms with Crippen LogP contribution < -0.4 is 14.6 Å². The molecule has 0 unspecified atom stereocenters. The lowest BCUT2D eigenvalue weighted by Gasteiger charge is -2.14. The molecule has 6 nitrogen and oxygen atoms in total. The highest BCUT2D eigenvalue weighted by Gasteiger charge is 2.31. The maximum atomic E-state index is 12.3. The largest absolute Gasteiger partial charge is 0.550 e. The van der Waals surface area contributed by atoms with E-state index in [-0.39, 0.29) is 18.9 Å². The molecule has 0 saturated carbocycles. The average Bonchev–Trinajstić information content (AvgIpc) is 2.79. The third-order valence-electron chi connectivity index (χ3n) is 3.12. The zero-order valence-electron chi connectivity index (χ0n) is 12.5. The Morgan fingerprint density at radius 1 is 1.35 bits per heavy atom. The van der Waals surface area contributed by atoms with Gasteiger partial charge in [-0.2, -0.15) is 0 Å². The van der Waals surface area contributed by atoms with Gasteiger partial charge in [0.2, 0.25) is 0 Å². The van der Waals surface area contributed by atoms with Crippen molar-refractivity contribution in [3.63, 3.8) is 0 Å². The second kappa shape index (κ2) is 7.47. The fourth-order valence-electron chi connectivity index (χ4n) is 1.99. The van der Waals surface area contributed by atoms with E-state index in [1.807, 2.05) is 0 Å². The first kappa shape index (κ1) is 17.3. The summed E-state index contributed by atoms with van der Waals surface area (Å²) < 4.78 is 10.7. The van der Waals surface area contributed by atoms with E-state index in [0.29, 0.717) is 20.7 Å². The van der Waals surface area contributed by atoms with Crippen LogP contribution in [-0.4, -0.2) is 41.9 Å². The van der Waals surface area contributed by atoms with Crippen molar-refractivity contribution in [1.29, 1.82) is 0 Å². The number of rotatable bonds is 6. The number of thioether (sulfide) groups is 1. The van der Waals surface area contributed by atoms with Crippen molar-refractivity contribution in [2.75, 3.05) is 20.8 Å². The van der Waals surface area contributed by atoms with Gasteiger partial charge in [-0.05, 0) is 23.8 Å². The monoisotopic (exact) mass is 352 g/mol. The minimum atomic E-state index is -1.22. The highest BCUT2D eigenvalue weighted by atomic mass is 32.2. The number of carboxylic acids is 1. The molecule has 1 saturated heterocycles. The summed E-state index contributed by atoms with van der Waals surface area (Å²) in [7, 11) is 3.07. The van der Waals surface area contributed by atoms with E-state index in [4.69, 9.17) is 21.7 Å². The molecule has 0 aromatic heterocycles. The number of carbonyl (C=O) groups excluding carboxylic acids is 2. The van der Waals surface area contributed by atoms with E-state index in [1.54, 1.807) is 31.4 Å². The van der Waals surface area contributed by atoms with Crippen molar-refractivity contribution in [1.82, 2.24) is 4.90 Å². The van der Waals surface area contributed by atoms with Crippen LogP contribution in [0.5, 0.6) is 11.5 Å².